The van der Waals surface area contributed by atoms with E-state index < -0.39 is 5.91 Å². The number of amides is 1. The number of primary amides is 1. The maximum atomic E-state index is 10.4. The van der Waals surface area contributed by atoms with Gasteiger partial charge in [0.05, 0.1) is 13.7 Å². The Morgan fingerprint density at radius 3 is 2.61 bits per heavy atom. The number of benzene rings is 1. The summed E-state index contributed by atoms with van der Waals surface area (Å²) < 4.78 is 10.1. The van der Waals surface area contributed by atoms with E-state index in [1.807, 2.05) is 24.3 Å². The number of hydrogen-bond donors (Lipinski definition) is 2. The molecule has 0 aliphatic heterocycles. The Morgan fingerprint density at radius 1 is 1.28 bits per heavy atom. The smallest absolute Gasteiger partial charge is 0.243 e. The van der Waals surface area contributed by atoms with E-state index >= 15 is 0 Å². The fourth-order valence-corrected chi connectivity index (χ4v) is 1.47. The van der Waals surface area contributed by atoms with E-state index in [4.69, 9.17) is 15.2 Å². The Hall–Kier alpha value is -1.59. The number of nitrogens with two attached hydrogens (primary N) is 1. The van der Waals surface area contributed by atoms with Gasteiger partial charge in [-0.15, -0.1) is 0 Å². The van der Waals surface area contributed by atoms with Crippen molar-refractivity contribution in [1.29, 1.82) is 0 Å². The number of ether oxygens (including phenoxy) is 2. The van der Waals surface area contributed by atoms with Crippen molar-refractivity contribution < 1.29 is 14.3 Å². The predicted octanol–water partition coefficient (Wildman–Crippen LogP) is 0.329. The second-order valence-corrected chi connectivity index (χ2v) is 3.87. The minimum absolute atomic E-state index is 0.0137. The fraction of sp³-hybridized carbons (Fsp3) is 0.462. The van der Waals surface area contributed by atoms with Crippen molar-refractivity contribution >= 4 is 5.91 Å². The van der Waals surface area contributed by atoms with E-state index in [0.29, 0.717) is 13.2 Å². The summed E-state index contributed by atoms with van der Waals surface area (Å²) in [6.07, 6.45) is 0.944. The van der Waals surface area contributed by atoms with Crippen molar-refractivity contribution in [3.05, 3.63) is 29.8 Å². The second kappa shape index (κ2) is 8.49. The molecule has 0 radical (unpaired) electrons. The first-order valence-electron chi connectivity index (χ1n) is 5.92. The van der Waals surface area contributed by atoms with E-state index in [1.165, 1.54) is 5.56 Å². The molecule has 0 bridgehead atoms. The summed E-state index contributed by atoms with van der Waals surface area (Å²) in [4.78, 5) is 10.4. The summed E-state index contributed by atoms with van der Waals surface area (Å²) in [7, 11) is 1.66. The molecule has 100 valence electrons. The Balaban J connectivity index is 2.05. The van der Waals surface area contributed by atoms with Crippen LogP contribution in [-0.4, -0.2) is 39.3 Å². The zero-order chi connectivity index (χ0) is 13.2. The van der Waals surface area contributed by atoms with Crippen LogP contribution in [0.2, 0.25) is 0 Å². The van der Waals surface area contributed by atoms with Crippen molar-refractivity contribution in [2.45, 2.75) is 6.42 Å². The number of hydrogen-bond acceptors (Lipinski definition) is 4. The van der Waals surface area contributed by atoms with Crippen LogP contribution in [0, 0.1) is 0 Å². The third kappa shape index (κ3) is 6.22. The average molecular weight is 252 g/mol. The van der Waals surface area contributed by atoms with Crippen molar-refractivity contribution in [1.82, 2.24) is 5.32 Å². The molecule has 0 saturated heterocycles. The maximum Gasteiger partial charge on any atom is 0.243 e. The number of carbonyl (C=O) groups is 1. The SMILES string of the molecule is COc1ccc(CCNCCOCC(N)=O)cc1. The zero-order valence-corrected chi connectivity index (χ0v) is 10.6. The Labute approximate surface area is 107 Å². The minimum atomic E-state index is -0.437. The second-order valence-electron chi connectivity index (χ2n) is 3.87. The first kappa shape index (κ1) is 14.5. The number of rotatable bonds is 9. The molecule has 3 N–H and O–H groups in total. The highest BCUT2D eigenvalue weighted by molar-refractivity contribution is 5.74. The number of nitrogens with one attached hydrogen (secondary N) is 1. The number of methoxy groups -OCH3 is 1. The molecule has 1 rings (SSSR count). The molecule has 0 fully saturated rings. The maximum absolute atomic E-state index is 10.4. The molecule has 5 nitrogen and oxygen atoms in total. The van der Waals surface area contributed by atoms with Crippen LogP contribution in [0.3, 0.4) is 0 Å². The van der Waals surface area contributed by atoms with E-state index in [2.05, 4.69) is 5.32 Å². The lowest BCUT2D eigenvalue weighted by atomic mass is 10.1. The van der Waals surface area contributed by atoms with Gasteiger partial charge in [0.25, 0.3) is 0 Å². The van der Waals surface area contributed by atoms with Gasteiger partial charge in [-0.05, 0) is 30.7 Å². The highest BCUT2D eigenvalue weighted by Crippen LogP contribution is 2.11. The minimum Gasteiger partial charge on any atom is -0.497 e. The molecule has 0 unspecified atom stereocenters. The number of carbonyl (C=O) groups excluding carboxylic acids is 1. The Kier molecular flexibility index (Phi) is 6.83. The highest BCUT2D eigenvalue weighted by atomic mass is 16.5. The topological polar surface area (TPSA) is 73.6 Å². The van der Waals surface area contributed by atoms with Gasteiger partial charge in [-0.25, -0.2) is 0 Å². The molecule has 0 aromatic heterocycles. The van der Waals surface area contributed by atoms with Crippen LogP contribution < -0.4 is 15.8 Å². The quantitative estimate of drug-likeness (QED) is 0.621. The van der Waals surface area contributed by atoms with Crippen molar-refractivity contribution in [2.24, 2.45) is 5.73 Å². The van der Waals surface area contributed by atoms with Crippen LogP contribution in [-0.2, 0) is 16.0 Å². The van der Waals surface area contributed by atoms with Gasteiger partial charge in [-0.2, -0.15) is 0 Å². The van der Waals surface area contributed by atoms with Crippen molar-refractivity contribution in [2.75, 3.05) is 33.4 Å². The molecular weight excluding hydrogens is 232 g/mol. The first-order valence-corrected chi connectivity index (χ1v) is 5.92. The summed E-state index contributed by atoms with van der Waals surface area (Å²) >= 11 is 0. The average Bonchev–Trinajstić information content (AvgIpc) is 2.38. The molecule has 0 heterocycles. The lowest BCUT2D eigenvalue weighted by Gasteiger charge is -2.06. The van der Waals surface area contributed by atoms with E-state index in [0.717, 1.165) is 18.7 Å². The van der Waals surface area contributed by atoms with Gasteiger partial charge in [0, 0.05) is 6.54 Å². The fourth-order valence-electron chi connectivity index (χ4n) is 1.47. The van der Waals surface area contributed by atoms with Gasteiger partial charge >= 0.3 is 0 Å². The normalized spacial score (nSPS) is 10.3. The van der Waals surface area contributed by atoms with Crippen LogP contribution in [0.15, 0.2) is 24.3 Å². The first-order chi connectivity index (χ1) is 8.72. The molecular formula is C13H20N2O3. The van der Waals surface area contributed by atoms with Crippen LogP contribution in [0.1, 0.15) is 5.56 Å². The van der Waals surface area contributed by atoms with E-state index in [1.54, 1.807) is 7.11 Å². The van der Waals surface area contributed by atoms with E-state index in [9.17, 15) is 4.79 Å². The van der Waals surface area contributed by atoms with Gasteiger partial charge in [-0.1, -0.05) is 12.1 Å². The van der Waals surface area contributed by atoms with Gasteiger partial charge in [0.2, 0.25) is 5.91 Å². The van der Waals surface area contributed by atoms with Gasteiger partial charge in [-0.3, -0.25) is 4.79 Å². The third-order valence-corrected chi connectivity index (χ3v) is 2.42. The van der Waals surface area contributed by atoms with Gasteiger partial charge in [0.1, 0.15) is 12.4 Å². The van der Waals surface area contributed by atoms with Gasteiger partial charge in [0.15, 0.2) is 0 Å². The molecule has 18 heavy (non-hydrogen) atoms. The summed E-state index contributed by atoms with van der Waals surface area (Å²) in [6, 6.07) is 7.99. The Morgan fingerprint density at radius 2 is 2.00 bits per heavy atom. The molecule has 0 aliphatic rings. The zero-order valence-electron chi connectivity index (χ0n) is 10.6. The molecule has 1 aromatic rings. The Bertz CT molecular complexity index is 352. The largest absolute Gasteiger partial charge is 0.497 e. The molecule has 0 spiro atoms. The van der Waals surface area contributed by atoms with Crippen molar-refractivity contribution in [3.63, 3.8) is 0 Å². The van der Waals surface area contributed by atoms with Crippen LogP contribution >= 0.6 is 0 Å². The molecule has 1 aromatic carbocycles. The standard InChI is InChI=1S/C13H20N2O3/c1-17-12-4-2-11(3-5-12)6-7-15-8-9-18-10-13(14)16/h2-5,15H,6-10H2,1H3,(H2,14,16). The lowest BCUT2D eigenvalue weighted by Crippen LogP contribution is -2.25. The molecule has 0 atom stereocenters. The van der Waals surface area contributed by atoms with Crippen LogP contribution in [0.5, 0.6) is 5.75 Å². The summed E-state index contributed by atoms with van der Waals surface area (Å²) in [6.45, 7) is 2.06. The lowest BCUT2D eigenvalue weighted by molar-refractivity contribution is -0.122. The third-order valence-electron chi connectivity index (χ3n) is 2.42. The van der Waals surface area contributed by atoms with E-state index in [-0.39, 0.29) is 6.61 Å². The van der Waals surface area contributed by atoms with Gasteiger partial charge < -0.3 is 20.5 Å². The molecule has 0 saturated carbocycles. The molecule has 5 heteroatoms. The monoisotopic (exact) mass is 252 g/mol. The molecule has 1 amide bonds. The summed E-state index contributed by atoms with van der Waals surface area (Å²) in [5.41, 5.74) is 6.19. The summed E-state index contributed by atoms with van der Waals surface area (Å²) in [5.74, 6) is 0.430. The highest BCUT2D eigenvalue weighted by Gasteiger charge is 1.96. The summed E-state index contributed by atoms with van der Waals surface area (Å²) in [5, 5.41) is 3.23. The predicted molar refractivity (Wildman–Crippen MR) is 69.6 cm³/mol. The van der Waals surface area contributed by atoms with Crippen LogP contribution in [0.4, 0.5) is 0 Å². The van der Waals surface area contributed by atoms with Crippen molar-refractivity contribution in [3.8, 4) is 5.75 Å². The van der Waals surface area contributed by atoms with Crippen LogP contribution in [0.25, 0.3) is 0 Å². The molecule has 0 aliphatic carbocycles.